The quantitative estimate of drug-likeness (QED) is 0.592. The first-order chi connectivity index (χ1) is 4.15. The molecule has 0 spiro atoms. The zero-order valence-electron chi connectivity index (χ0n) is 7.36. The van der Waals surface area contributed by atoms with E-state index < -0.39 is 0 Å². The first-order valence-corrected chi connectivity index (χ1v) is 6.15. The second-order valence-corrected chi connectivity index (χ2v) is 4.98. The fraction of sp³-hybridized carbons (Fsp3) is 1.00. The molecule has 0 unspecified atom stereocenters. The van der Waals surface area contributed by atoms with E-state index in [1.54, 1.807) is 0 Å². The van der Waals surface area contributed by atoms with Gasteiger partial charge in [0.15, 0.2) is 0 Å². The van der Waals surface area contributed by atoms with Gasteiger partial charge < -0.3 is 5.32 Å². The van der Waals surface area contributed by atoms with Gasteiger partial charge in [-0.15, -0.1) is 7.92 Å². The van der Waals surface area contributed by atoms with Gasteiger partial charge >= 0.3 is 0 Å². The van der Waals surface area contributed by atoms with Gasteiger partial charge in [0.05, 0.1) is 0 Å². The molecule has 0 aromatic heterocycles. The highest BCUT2D eigenvalue weighted by molar-refractivity contribution is 7.55. The average Bonchev–Trinajstić information content (AvgIpc) is 1.66. The van der Waals surface area contributed by atoms with Crippen LogP contribution >= 0.6 is 7.92 Å². The van der Waals surface area contributed by atoms with Crippen LogP contribution in [-0.4, -0.2) is 33.1 Å². The number of hydrogen-bond acceptors (Lipinski definition) is 1. The van der Waals surface area contributed by atoms with Crippen LogP contribution in [0.25, 0.3) is 0 Å². The summed E-state index contributed by atoms with van der Waals surface area (Å²) in [5.74, 6) is 0. The van der Waals surface area contributed by atoms with Crippen molar-refractivity contribution in [3.05, 3.63) is 0 Å². The second-order valence-electron chi connectivity index (χ2n) is 2.30. The Morgan fingerprint density at radius 2 is 1.22 bits per heavy atom. The van der Waals surface area contributed by atoms with E-state index in [4.69, 9.17) is 0 Å². The summed E-state index contributed by atoms with van der Waals surface area (Å²) in [6.45, 7) is 13.1. The fourth-order valence-corrected chi connectivity index (χ4v) is 0.250. The van der Waals surface area contributed by atoms with Gasteiger partial charge in [0.2, 0.25) is 0 Å². The maximum Gasteiger partial charge on any atom is -0.00775 e. The van der Waals surface area contributed by atoms with E-state index in [2.05, 4.69) is 39.2 Å². The minimum Gasteiger partial charge on any atom is -0.317 e. The highest BCUT2D eigenvalue weighted by Gasteiger charge is 1.65. The standard InChI is InChI=1S/C4H11N.C3H9P/c1-3-5-4-2;1-4(2)3/h5H,3-4H2,1-2H3;1-3H3. The van der Waals surface area contributed by atoms with E-state index >= 15 is 0 Å². The molecule has 0 aliphatic rings. The van der Waals surface area contributed by atoms with Crippen LogP contribution in [0.3, 0.4) is 0 Å². The Kier molecular flexibility index (Phi) is 15.1. The Balaban J connectivity index is 0. The Labute approximate surface area is 61.0 Å². The Hall–Kier alpha value is 0.390. The molecule has 58 valence electrons. The van der Waals surface area contributed by atoms with Gasteiger partial charge in [-0.25, -0.2) is 0 Å². The lowest BCUT2D eigenvalue weighted by atomic mass is 10.7. The minimum absolute atomic E-state index is 0.380. The number of hydrogen-bond donors (Lipinski definition) is 1. The van der Waals surface area contributed by atoms with E-state index in [0.29, 0.717) is 7.92 Å². The summed E-state index contributed by atoms with van der Waals surface area (Å²) in [5, 5.41) is 3.11. The summed E-state index contributed by atoms with van der Waals surface area (Å²) in [6, 6.07) is 0. The zero-order valence-corrected chi connectivity index (χ0v) is 8.26. The molecule has 0 atom stereocenters. The zero-order chi connectivity index (χ0) is 7.70. The van der Waals surface area contributed by atoms with Crippen molar-refractivity contribution in [2.75, 3.05) is 33.1 Å². The van der Waals surface area contributed by atoms with Crippen LogP contribution in [0, 0.1) is 0 Å². The van der Waals surface area contributed by atoms with Crippen molar-refractivity contribution in [3.63, 3.8) is 0 Å². The molecule has 0 aliphatic heterocycles. The van der Waals surface area contributed by atoms with Gasteiger partial charge in [-0.2, -0.15) is 0 Å². The SMILES string of the molecule is CCNCC.CP(C)C. The number of rotatable bonds is 2. The number of nitrogens with one attached hydrogen (secondary N) is 1. The first-order valence-electron chi connectivity index (χ1n) is 3.46. The smallest absolute Gasteiger partial charge is 0.00775 e. The monoisotopic (exact) mass is 149 g/mol. The molecule has 0 bridgehead atoms. The maximum atomic E-state index is 3.11. The molecule has 0 saturated carbocycles. The van der Waals surface area contributed by atoms with E-state index in [1.807, 2.05) is 0 Å². The van der Waals surface area contributed by atoms with Crippen molar-refractivity contribution >= 4 is 7.92 Å². The normalized spacial score (nSPS) is 8.67. The second kappa shape index (κ2) is 11.2. The highest BCUT2D eigenvalue weighted by Crippen LogP contribution is 2.14. The van der Waals surface area contributed by atoms with E-state index in [0.717, 1.165) is 13.1 Å². The lowest BCUT2D eigenvalue weighted by Crippen LogP contribution is -2.09. The van der Waals surface area contributed by atoms with Gasteiger partial charge in [-0.1, -0.05) is 13.8 Å². The third kappa shape index (κ3) is 60.0. The van der Waals surface area contributed by atoms with Crippen LogP contribution in [0.1, 0.15) is 13.8 Å². The van der Waals surface area contributed by atoms with Gasteiger partial charge in [0.25, 0.3) is 0 Å². The Bertz CT molecular complexity index is 33.1. The molecule has 0 rings (SSSR count). The van der Waals surface area contributed by atoms with Crippen LogP contribution < -0.4 is 5.32 Å². The minimum atomic E-state index is 0.380. The average molecular weight is 149 g/mol. The van der Waals surface area contributed by atoms with Gasteiger partial charge in [-0.05, 0) is 33.1 Å². The molecule has 0 fully saturated rings. The molecule has 0 aromatic carbocycles. The molecule has 9 heavy (non-hydrogen) atoms. The molecule has 1 nitrogen and oxygen atoms in total. The van der Waals surface area contributed by atoms with Gasteiger partial charge in [0, 0.05) is 0 Å². The van der Waals surface area contributed by atoms with E-state index in [-0.39, 0.29) is 0 Å². The molecule has 0 saturated heterocycles. The summed E-state index contributed by atoms with van der Waals surface area (Å²) in [7, 11) is 0.380. The third-order valence-corrected chi connectivity index (χ3v) is 0.500. The molecule has 0 heterocycles. The molecule has 1 N–H and O–H groups in total. The summed E-state index contributed by atoms with van der Waals surface area (Å²) in [6.07, 6.45) is 0. The van der Waals surface area contributed by atoms with Crippen molar-refractivity contribution in [1.82, 2.24) is 5.32 Å². The first kappa shape index (κ1) is 12.1. The molecular formula is C7H20NP. The molecule has 0 radical (unpaired) electrons. The molecule has 2 heteroatoms. The molecule has 0 aliphatic carbocycles. The van der Waals surface area contributed by atoms with Gasteiger partial charge in [0.1, 0.15) is 0 Å². The van der Waals surface area contributed by atoms with Gasteiger partial charge in [-0.3, -0.25) is 0 Å². The fourth-order valence-electron chi connectivity index (χ4n) is 0.250. The summed E-state index contributed by atoms with van der Waals surface area (Å²) >= 11 is 0. The largest absolute Gasteiger partial charge is 0.317 e. The van der Waals surface area contributed by atoms with Crippen molar-refractivity contribution in [3.8, 4) is 0 Å². The summed E-state index contributed by atoms with van der Waals surface area (Å²) < 4.78 is 0. The van der Waals surface area contributed by atoms with Crippen molar-refractivity contribution in [2.45, 2.75) is 13.8 Å². The van der Waals surface area contributed by atoms with Crippen LogP contribution in [0.2, 0.25) is 0 Å². The molecule has 0 amide bonds. The predicted molar refractivity (Wildman–Crippen MR) is 48.9 cm³/mol. The van der Waals surface area contributed by atoms with Crippen LogP contribution in [0.4, 0.5) is 0 Å². The lowest BCUT2D eigenvalue weighted by molar-refractivity contribution is 0.762. The van der Waals surface area contributed by atoms with E-state index in [9.17, 15) is 0 Å². The van der Waals surface area contributed by atoms with Crippen molar-refractivity contribution in [1.29, 1.82) is 0 Å². The summed E-state index contributed by atoms with van der Waals surface area (Å²) in [4.78, 5) is 0. The third-order valence-electron chi connectivity index (χ3n) is 0.500. The predicted octanol–water partition coefficient (Wildman–Crippen LogP) is 1.97. The van der Waals surface area contributed by atoms with E-state index in [1.165, 1.54) is 0 Å². The van der Waals surface area contributed by atoms with Crippen LogP contribution in [0.15, 0.2) is 0 Å². The van der Waals surface area contributed by atoms with Crippen LogP contribution in [0.5, 0.6) is 0 Å². The summed E-state index contributed by atoms with van der Waals surface area (Å²) in [5.41, 5.74) is 0. The van der Waals surface area contributed by atoms with Crippen LogP contribution in [-0.2, 0) is 0 Å². The van der Waals surface area contributed by atoms with Crippen molar-refractivity contribution < 1.29 is 0 Å². The lowest BCUT2D eigenvalue weighted by Gasteiger charge is -1.86. The highest BCUT2D eigenvalue weighted by atomic mass is 31.1. The molecule has 0 aromatic rings. The molecular weight excluding hydrogens is 129 g/mol. The maximum absolute atomic E-state index is 3.11. The Morgan fingerprint density at radius 3 is 1.22 bits per heavy atom. The topological polar surface area (TPSA) is 12.0 Å². The van der Waals surface area contributed by atoms with Crippen molar-refractivity contribution in [2.24, 2.45) is 0 Å². The Morgan fingerprint density at radius 1 is 1.00 bits per heavy atom.